The predicted octanol–water partition coefficient (Wildman–Crippen LogP) is 4.34. The van der Waals surface area contributed by atoms with Gasteiger partial charge in [0.2, 0.25) is 0 Å². The fraction of sp³-hybridized carbons (Fsp3) is 0.0769. The summed E-state index contributed by atoms with van der Waals surface area (Å²) in [7, 11) is 0. The summed E-state index contributed by atoms with van der Waals surface area (Å²) in [6.45, 7) is 0.444. The fourth-order valence-electron chi connectivity index (χ4n) is 1.48. The lowest BCUT2D eigenvalue weighted by Crippen LogP contribution is -2.00. The van der Waals surface area contributed by atoms with Crippen molar-refractivity contribution in [3.8, 4) is 0 Å². The van der Waals surface area contributed by atoms with Gasteiger partial charge in [0, 0.05) is 11.0 Å². The van der Waals surface area contributed by atoms with Gasteiger partial charge in [-0.1, -0.05) is 12.1 Å². The molecule has 17 heavy (non-hydrogen) atoms. The van der Waals surface area contributed by atoms with Crippen molar-refractivity contribution in [1.82, 2.24) is 0 Å². The SMILES string of the molecule is Fc1cccc(CNc2cc(F)ccc2Br)c1. The molecule has 0 atom stereocenters. The van der Waals surface area contributed by atoms with Crippen molar-refractivity contribution < 1.29 is 8.78 Å². The molecule has 88 valence electrons. The Morgan fingerprint density at radius 1 is 1.00 bits per heavy atom. The third-order valence-corrected chi connectivity index (χ3v) is 2.99. The lowest BCUT2D eigenvalue weighted by atomic mass is 10.2. The minimum Gasteiger partial charge on any atom is -0.380 e. The maximum atomic E-state index is 13.0. The van der Waals surface area contributed by atoms with E-state index < -0.39 is 0 Å². The van der Waals surface area contributed by atoms with E-state index in [-0.39, 0.29) is 11.6 Å². The second kappa shape index (κ2) is 5.27. The Hall–Kier alpha value is -1.42. The van der Waals surface area contributed by atoms with E-state index in [4.69, 9.17) is 0 Å². The summed E-state index contributed by atoms with van der Waals surface area (Å²) in [5, 5.41) is 3.04. The molecule has 0 saturated carbocycles. The van der Waals surface area contributed by atoms with Crippen LogP contribution in [0.2, 0.25) is 0 Å². The van der Waals surface area contributed by atoms with Crippen LogP contribution in [0.5, 0.6) is 0 Å². The van der Waals surface area contributed by atoms with Crippen molar-refractivity contribution in [2.45, 2.75) is 6.54 Å². The standard InChI is InChI=1S/C13H10BrF2N/c14-12-5-4-11(16)7-13(12)17-8-9-2-1-3-10(15)6-9/h1-7,17H,8H2. The Labute approximate surface area is 107 Å². The van der Waals surface area contributed by atoms with Crippen LogP contribution < -0.4 is 5.32 Å². The van der Waals surface area contributed by atoms with Gasteiger partial charge < -0.3 is 5.32 Å². The Balaban J connectivity index is 2.09. The number of halogens is 3. The van der Waals surface area contributed by atoms with Gasteiger partial charge in [-0.2, -0.15) is 0 Å². The van der Waals surface area contributed by atoms with Crippen LogP contribution in [0.1, 0.15) is 5.56 Å². The summed E-state index contributed by atoms with van der Waals surface area (Å²) in [4.78, 5) is 0. The zero-order valence-electron chi connectivity index (χ0n) is 8.88. The zero-order chi connectivity index (χ0) is 12.3. The summed E-state index contributed by atoms with van der Waals surface area (Å²) in [6.07, 6.45) is 0. The average Bonchev–Trinajstić information content (AvgIpc) is 2.30. The molecule has 0 amide bonds. The number of nitrogens with one attached hydrogen (secondary N) is 1. The van der Waals surface area contributed by atoms with E-state index in [2.05, 4.69) is 21.2 Å². The first-order chi connectivity index (χ1) is 8.15. The minimum atomic E-state index is -0.310. The van der Waals surface area contributed by atoms with E-state index in [1.54, 1.807) is 12.1 Å². The van der Waals surface area contributed by atoms with Crippen LogP contribution in [0.15, 0.2) is 46.9 Å². The molecule has 1 N–H and O–H groups in total. The van der Waals surface area contributed by atoms with Crippen molar-refractivity contribution in [2.24, 2.45) is 0 Å². The molecule has 4 heteroatoms. The third-order valence-electron chi connectivity index (χ3n) is 2.30. The highest BCUT2D eigenvalue weighted by Gasteiger charge is 2.01. The van der Waals surface area contributed by atoms with Gasteiger partial charge in [0.25, 0.3) is 0 Å². The van der Waals surface area contributed by atoms with Crippen molar-refractivity contribution in [3.05, 3.63) is 64.1 Å². The highest BCUT2D eigenvalue weighted by atomic mass is 79.9. The predicted molar refractivity (Wildman–Crippen MR) is 67.8 cm³/mol. The van der Waals surface area contributed by atoms with Crippen molar-refractivity contribution in [2.75, 3.05) is 5.32 Å². The maximum absolute atomic E-state index is 13.0. The van der Waals surface area contributed by atoms with Crippen LogP contribution in [0.4, 0.5) is 14.5 Å². The summed E-state index contributed by atoms with van der Waals surface area (Å²) < 4.78 is 26.7. The number of anilines is 1. The van der Waals surface area contributed by atoms with Gasteiger partial charge in [0.1, 0.15) is 11.6 Å². The molecule has 0 aromatic heterocycles. The molecule has 0 saturated heterocycles. The molecule has 0 radical (unpaired) electrons. The first-order valence-corrected chi connectivity index (χ1v) is 5.88. The van der Waals surface area contributed by atoms with Gasteiger partial charge >= 0.3 is 0 Å². The van der Waals surface area contributed by atoms with E-state index in [1.807, 2.05) is 6.07 Å². The molecule has 0 spiro atoms. The summed E-state index contributed by atoms with van der Waals surface area (Å²) in [6, 6.07) is 10.7. The molecule has 0 bridgehead atoms. The highest BCUT2D eigenvalue weighted by molar-refractivity contribution is 9.10. The second-order valence-corrected chi connectivity index (χ2v) is 4.46. The van der Waals surface area contributed by atoms with Gasteiger partial charge in [0.05, 0.1) is 5.69 Å². The Kier molecular flexibility index (Phi) is 3.74. The first kappa shape index (κ1) is 12.0. The topological polar surface area (TPSA) is 12.0 Å². The summed E-state index contributed by atoms with van der Waals surface area (Å²) in [5.74, 6) is -0.586. The van der Waals surface area contributed by atoms with E-state index >= 15 is 0 Å². The molecule has 2 aromatic rings. The van der Waals surface area contributed by atoms with Gasteiger partial charge in [-0.3, -0.25) is 0 Å². The zero-order valence-corrected chi connectivity index (χ0v) is 10.5. The molecule has 0 aliphatic carbocycles. The second-order valence-electron chi connectivity index (χ2n) is 3.61. The smallest absolute Gasteiger partial charge is 0.125 e. The van der Waals surface area contributed by atoms with Crippen molar-refractivity contribution in [3.63, 3.8) is 0 Å². The molecule has 1 nitrogen and oxygen atoms in total. The Morgan fingerprint density at radius 3 is 2.53 bits per heavy atom. The van der Waals surface area contributed by atoms with Gasteiger partial charge in [-0.25, -0.2) is 8.78 Å². The number of hydrogen-bond acceptors (Lipinski definition) is 1. The number of rotatable bonds is 3. The first-order valence-electron chi connectivity index (χ1n) is 5.08. The van der Waals surface area contributed by atoms with Crippen molar-refractivity contribution >= 4 is 21.6 Å². The van der Waals surface area contributed by atoms with Crippen LogP contribution in [0.3, 0.4) is 0 Å². The van der Waals surface area contributed by atoms with E-state index in [1.165, 1.54) is 24.3 Å². The molecule has 0 unspecified atom stereocenters. The van der Waals surface area contributed by atoms with Crippen molar-refractivity contribution in [1.29, 1.82) is 0 Å². The molecule has 0 heterocycles. The lowest BCUT2D eigenvalue weighted by molar-refractivity contribution is 0.625. The monoisotopic (exact) mass is 297 g/mol. The van der Waals surface area contributed by atoms with Crippen LogP contribution in [-0.4, -0.2) is 0 Å². The molecule has 0 aliphatic heterocycles. The van der Waals surface area contributed by atoms with Gasteiger partial charge in [0.15, 0.2) is 0 Å². The quantitative estimate of drug-likeness (QED) is 0.889. The fourth-order valence-corrected chi connectivity index (χ4v) is 1.86. The average molecular weight is 298 g/mol. The Bertz CT molecular complexity index is 529. The van der Waals surface area contributed by atoms with E-state index in [9.17, 15) is 8.78 Å². The summed E-state index contributed by atoms with van der Waals surface area (Å²) in [5.41, 5.74) is 1.45. The molecule has 2 rings (SSSR count). The minimum absolute atomic E-state index is 0.275. The lowest BCUT2D eigenvalue weighted by Gasteiger charge is -2.08. The van der Waals surface area contributed by atoms with Crippen LogP contribution in [0, 0.1) is 11.6 Å². The molecular weight excluding hydrogens is 288 g/mol. The highest BCUT2D eigenvalue weighted by Crippen LogP contribution is 2.23. The van der Waals surface area contributed by atoms with E-state index in [0.717, 1.165) is 10.0 Å². The summed E-state index contributed by atoms with van der Waals surface area (Å²) >= 11 is 3.32. The normalized spacial score (nSPS) is 10.3. The van der Waals surface area contributed by atoms with Crippen LogP contribution in [-0.2, 0) is 6.54 Å². The van der Waals surface area contributed by atoms with Crippen LogP contribution >= 0.6 is 15.9 Å². The van der Waals surface area contributed by atoms with Gasteiger partial charge in [-0.15, -0.1) is 0 Å². The molecular formula is C13H10BrF2N. The Morgan fingerprint density at radius 2 is 1.76 bits per heavy atom. The molecule has 2 aromatic carbocycles. The largest absolute Gasteiger partial charge is 0.380 e. The number of hydrogen-bond donors (Lipinski definition) is 1. The molecule has 0 aliphatic rings. The number of benzene rings is 2. The maximum Gasteiger partial charge on any atom is 0.125 e. The van der Waals surface area contributed by atoms with Crippen LogP contribution in [0.25, 0.3) is 0 Å². The third kappa shape index (κ3) is 3.27. The molecule has 0 fully saturated rings. The van der Waals surface area contributed by atoms with E-state index in [0.29, 0.717) is 12.2 Å². The van der Waals surface area contributed by atoms with Gasteiger partial charge in [-0.05, 0) is 51.8 Å².